The van der Waals surface area contributed by atoms with Crippen LogP contribution < -0.4 is 20.4 Å². The molecule has 0 heterocycles. The molecule has 0 aliphatic heterocycles. The second-order valence-electron chi connectivity index (χ2n) is 13.0. The van der Waals surface area contributed by atoms with E-state index >= 15 is 0 Å². The molecule has 0 spiro atoms. The second-order valence-corrected chi connectivity index (χ2v) is 13.0. The summed E-state index contributed by atoms with van der Waals surface area (Å²) in [5, 5.41) is 223. The van der Waals surface area contributed by atoms with E-state index in [2.05, 4.69) is 0 Å². The number of aliphatic carboxylic acids is 4. The maximum atomic E-state index is 10.5. The Bertz CT molecular complexity index is 1070. The van der Waals surface area contributed by atoms with Crippen molar-refractivity contribution in [1.29, 1.82) is 0 Å². The molecule has 0 aliphatic rings. The summed E-state index contributed by atoms with van der Waals surface area (Å²) in [6.07, 6.45) is -25.1. The Morgan fingerprint density at radius 3 is 0.541 bits per heavy atom. The zero-order valence-electron chi connectivity index (χ0n) is 33.3. The van der Waals surface area contributed by atoms with Crippen molar-refractivity contribution in [2.24, 2.45) is 0 Å². The van der Waals surface area contributed by atoms with Gasteiger partial charge in [0, 0.05) is 0 Å². The van der Waals surface area contributed by atoms with Gasteiger partial charge in [-0.05, 0) is 25.7 Å². The molecule has 61 heavy (non-hydrogen) atoms. The first-order chi connectivity index (χ1) is 27.2. The summed E-state index contributed by atoms with van der Waals surface area (Å²) in [7, 11) is 0. The Labute approximate surface area is 366 Å². The van der Waals surface area contributed by atoms with Gasteiger partial charge in [-0.25, -0.2) is 0 Å². The van der Waals surface area contributed by atoms with Gasteiger partial charge in [0.25, 0.3) is 0 Å². The van der Waals surface area contributed by atoms with Gasteiger partial charge in [0.2, 0.25) is 0 Å². The molecule has 360 valence electrons. The molecule has 0 aliphatic carbocycles. The molecule has 16 unspecified atom stereocenters. The van der Waals surface area contributed by atoms with Crippen LogP contribution in [0.3, 0.4) is 0 Å². The normalized spacial score (nSPS) is 21.1. The molecule has 0 aromatic heterocycles. The minimum Gasteiger partial charge on any atom is -0.547 e. The van der Waals surface area contributed by atoms with Crippen LogP contribution in [0.1, 0.15) is 53.4 Å². The molecule has 28 nitrogen and oxygen atoms in total. The monoisotopic (exact) mass is 982 g/mol. The number of hydrogen-bond acceptors (Lipinski definition) is 28. The van der Waals surface area contributed by atoms with Gasteiger partial charge in [0.1, 0.15) is 95.7 Å². The summed E-state index contributed by atoms with van der Waals surface area (Å²) in [6.45, 7) is 1.56. The number of aliphatic hydroxyl groups excluding tert-OH is 16. The van der Waals surface area contributed by atoms with E-state index in [-0.39, 0.29) is 26.2 Å². The molecular weight excluding hydrogens is 924 g/mol. The molecule has 20 N–H and O–H groups in total. The summed E-state index contributed by atoms with van der Waals surface area (Å²) < 4.78 is 0. The summed E-state index contributed by atoms with van der Waals surface area (Å²) >= 11 is 0. The van der Waals surface area contributed by atoms with E-state index in [1.54, 1.807) is 0 Å². The molecule has 0 saturated carbocycles. The Balaban J connectivity index is -0.000000227. The maximum absolute atomic E-state index is 10.5. The van der Waals surface area contributed by atoms with Crippen LogP contribution in [-0.4, -0.2) is 248 Å². The fraction of sp³-hybridized carbons (Fsp3) is 0.875. The molecule has 0 fully saturated rings. The van der Waals surface area contributed by atoms with Crippen LogP contribution in [0.2, 0.25) is 0 Å². The SMILES string of the molecule is CCC(O)(C(=O)[O-])C(O)C(O)C(O)CO.CCC(O)(C(=O)[O-])C(O)C(O)C(O)CO.CCC(O)(C(=O)[O-])C(O)C(O)C(O)CO.CCC(O)(C(=O)[O-])C(O)C(O)C(O)CO.[Zr+4]. The molecule has 0 saturated heterocycles. The second kappa shape index (κ2) is 30.9. The Morgan fingerprint density at radius 1 is 0.361 bits per heavy atom. The van der Waals surface area contributed by atoms with Crippen LogP contribution in [0.5, 0.6) is 0 Å². The predicted octanol–water partition coefficient (Wildman–Crippen LogP) is -16.2. The van der Waals surface area contributed by atoms with Crippen molar-refractivity contribution in [3.8, 4) is 0 Å². The fourth-order valence-electron chi connectivity index (χ4n) is 4.30. The number of hydrogen-bond donors (Lipinski definition) is 20. The van der Waals surface area contributed by atoms with E-state index in [0.717, 1.165) is 0 Å². The largest absolute Gasteiger partial charge is 4.00 e. The van der Waals surface area contributed by atoms with Gasteiger partial charge in [-0.15, -0.1) is 0 Å². The van der Waals surface area contributed by atoms with Crippen molar-refractivity contribution < 1.29 is 168 Å². The van der Waals surface area contributed by atoms with E-state index in [4.69, 9.17) is 40.9 Å². The fourth-order valence-corrected chi connectivity index (χ4v) is 4.30. The molecule has 0 rings (SSSR count). The number of carbonyl (C=O) groups is 4. The Morgan fingerprint density at radius 2 is 0.475 bits per heavy atom. The van der Waals surface area contributed by atoms with Crippen molar-refractivity contribution in [2.45, 2.75) is 149 Å². The van der Waals surface area contributed by atoms with E-state index in [1.165, 1.54) is 27.7 Å². The summed E-state index contributed by atoms with van der Waals surface area (Å²) in [4.78, 5) is 42.1. The molecule has 0 amide bonds. The molecule has 0 radical (unpaired) electrons. The average Bonchev–Trinajstić information content (AvgIpc) is 3.24. The van der Waals surface area contributed by atoms with Crippen molar-refractivity contribution in [3.63, 3.8) is 0 Å². The van der Waals surface area contributed by atoms with Gasteiger partial charge in [0.15, 0.2) is 0 Å². The molecule has 16 atom stereocenters. The van der Waals surface area contributed by atoms with E-state index in [1.807, 2.05) is 0 Å². The number of aliphatic hydroxyl groups is 20. The maximum Gasteiger partial charge on any atom is 4.00 e. The molecule has 0 aromatic rings. The summed E-state index contributed by atoms with van der Waals surface area (Å²) in [5.41, 5.74) is -10.6. The van der Waals surface area contributed by atoms with Gasteiger partial charge in [-0.1, -0.05) is 27.7 Å². The molecule has 0 bridgehead atoms. The molecule has 29 heteroatoms. The number of carboxylic acid groups (broad SMARTS) is 4. The summed E-state index contributed by atoms with van der Waals surface area (Å²) in [5.74, 6) is -7.83. The minimum absolute atomic E-state index is 0. The zero-order chi connectivity index (χ0) is 48.9. The van der Waals surface area contributed by atoms with Crippen LogP contribution in [0.15, 0.2) is 0 Å². The van der Waals surface area contributed by atoms with Gasteiger partial charge in [0.05, 0.1) is 50.3 Å². The zero-order valence-corrected chi connectivity index (χ0v) is 35.8. The van der Waals surface area contributed by atoms with Crippen LogP contribution >= 0.6 is 0 Å². The molecule has 0 aromatic carbocycles. The number of rotatable bonds is 24. The third-order valence-corrected chi connectivity index (χ3v) is 9.15. The molecular formula is C32H60O28Zr. The first-order valence-electron chi connectivity index (χ1n) is 17.6. The van der Waals surface area contributed by atoms with Crippen molar-refractivity contribution in [1.82, 2.24) is 0 Å². The standard InChI is InChI=1S/4C8H16O7.Zr/c4*1-2-8(15,7(13)14)6(12)5(11)4(10)3-9;/h4*4-6,9-12,15H,2-3H2,1H3,(H,13,14);/q;;;;+4/p-4. The predicted molar refractivity (Wildman–Crippen MR) is 181 cm³/mol. The topological polar surface area (TPSA) is 565 Å². The third-order valence-electron chi connectivity index (χ3n) is 9.15. The third kappa shape index (κ3) is 18.9. The van der Waals surface area contributed by atoms with Crippen LogP contribution in [0.25, 0.3) is 0 Å². The number of carbonyl (C=O) groups excluding carboxylic acids is 4. The first kappa shape index (κ1) is 68.0. The van der Waals surface area contributed by atoms with Gasteiger partial charge in [-0.3, -0.25) is 0 Å². The van der Waals surface area contributed by atoms with E-state index in [0.29, 0.717) is 0 Å². The van der Waals surface area contributed by atoms with Gasteiger partial charge < -0.3 is 142 Å². The van der Waals surface area contributed by atoms with Crippen LogP contribution in [-0.2, 0) is 45.4 Å². The van der Waals surface area contributed by atoms with Crippen molar-refractivity contribution in [3.05, 3.63) is 0 Å². The minimum atomic E-state index is -2.66. The van der Waals surface area contributed by atoms with E-state index in [9.17, 15) is 101 Å². The van der Waals surface area contributed by atoms with Crippen LogP contribution in [0.4, 0.5) is 0 Å². The Hall–Kier alpha value is -2.04. The Kier molecular flexibility index (Phi) is 34.5. The quantitative estimate of drug-likeness (QED) is 0.0427. The van der Waals surface area contributed by atoms with Crippen molar-refractivity contribution >= 4 is 23.9 Å². The van der Waals surface area contributed by atoms with E-state index < -0.39 is 172 Å². The number of carboxylic acids is 4. The van der Waals surface area contributed by atoms with Gasteiger partial charge >= 0.3 is 26.2 Å². The summed E-state index contributed by atoms with van der Waals surface area (Å²) in [6, 6.07) is 0. The average molecular weight is 984 g/mol. The first-order valence-corrected chi connectivity index (χ1v) is 17.6. The van der Waals surface area contributed by atoms with Crippen molar-refractivity contribution in [2.75, 3.05) is 26.4 Å². The smallest absolute Gasteiger partial charge is 0.547 e. The van der Waals surface area contributed by atoms with Crippen LogP contribution in [0, 0.1) is 0 Å². The van der Waals surface area contributed by atoms with Gasteiger partial charge in [-0.2, -0.15) is 0 Å².